The molecule has 2 aromatic rings. The Kier molecular flexibility index (Phi) is 3.04. The molecule has 0 saturated carbocycles. The van der Waals surface area contributed by atoms with E-state index in [2.05, 4.69) is 4.98 Å². The fourth-order valence-corrected chi connectivity index (χ4v) is 1.63. The van der Waals surface area contributed by atoms with Gasteiger partial charge in [0.05, 0.1) is 18.2 Å². The van der Waals surface area contributed by atoms with E-state index in [1.54, 1.807) is 6.33 Å². The van der Waals surface area contributed by atoms with E-state index in [-0.39, 0.29) is 0 Å². The lowest BCUT2D eigenvalue weighted by atomic mass is 10.2. The van der Waals surface area contributed by atoms with Gasteiger partial charge in [-0.3, -0.25) is 0 Å². The van der Waals surface area contributed by atoms with Gasteiger partial charge in [0, 0.05) is 18.1 Å². The first kappa shape index (κ1) is 10.2. The van der Waals surface area contributed by atoms with Crippen molar-refractivity contribution in [3.05, 3.63) is 41.8 Å². The summed E-state index contributed by atoms with van der Waals surface area (Å²) < 4.78 is 2.03. The van der Waals surface area contributed by atoms with E-state index >= 15 is 0 Å². The third-order valence-corrected chi connectivity index (χ3v) is 2.47. The van der Waals surface area contributed by atoms with Crippen molar-refractivity contribution >= 4 is 11.6 Å². The van der Waals surface area contributed by atoms with Crippen LogP contribution in [-0.2, 0) is 6.54 Å². The van der Waals surface area contributed by atoms with Crippen LogP contribution in [0.5, 0.6) is 0 Å². The summed E-state index contributed by atoms with van der Waals surface area (Å²) in [5.74, 6) is 0. The average molecular weight is 222 g/mol. The van der Waals surface area contributed by atoms with E-state index in [1.165, 1.54) is 0 Å². The monoisotopic (exact) mass is 221 g/mol. The van der Waals surface area contributed by atoms with Gasteiger partial charge < -0.3 is 10.3 Å². The minimum Gasteiger partial charge on any atom is -0.329 e. The third kappa shape index (κ3) is 2.19. The zero-order valence-electron chi connectivity index (χ0n) is 8.23. The molecular weight excluding hydrogens is 210 g/mol. The standard InChI is InChI=1S/C11H12ClN3/c12-10-3-1-9(2-4-10)11-7-14-8-15(11)6-5-13/h1-4,7-8H,5-6,13H2. The number of hydrogen-bond donors (Lipinski definition) is 1. The summed E-state index contributed by atoms with van der Waals surface area (Å²) in [6.07, 6.45) is 3.62. The van der Waals surface area contributed by atoms with Gasteiger partial charge in [-0.1, -0.05) is 23.7 Å². The molecule has 1 aromatic heterocycles. The van der Waals surface area contributed by atoms with Crippen LogP contribution >= 0.6 is 11.6 Å². The molecule has 0 atom stereocenters. The Morgan fingerprint density at radius 3 is 2.67 bits per heavy atom. The molecule has 2 rings (SSSR count). The number of imidazole rings is 1. The zero-order chi connectivity index (χ0) is 10.7. The highest BCUT2D eigenvalue weighted by Gasteiger charge is 2.03. The fraction of sp³-hybridized carbons (Fsp3) is 0.182. The van der Waals surface area contributed by atoms with E-state index in [1.807, 2.05) is 35.0 Å². The first-order valence-electron chi connectivity index (χ1n) is 4.77. The summed E-state index contributed by atoms with van der Waals surface area (Å²) in [5.41, 5.74) is 7.69. The molecule has 0 bridgehead atoms. The van der Waals surface area contributed by atoms with Crippen LogP contribution in [0.2, 0.25) is 5.02 Å². The van der Waals surface area contributed by atoms with Crippen molar-refractivity contribution in [1.29, 1.82) is 0 Å². The average Bonchev–Trinajstić information content (AvgIpc) is 2.68. The summed E-state index contributed by atoms with van der Waals surface area (Å²) >= 11 is 5.83. The molecule has 0 amide bonds. The molecule has 15 heavy (non-hydrogen) atoms. The normalized spacial score (nSPS) is 10.5. The maximum absolute atomic E-state index is 5.83. The van der Waals surface area contributed by atoms with Gasteiger partial charge in [-0.25, -0.2) is 4.98 Å². The van der Waals surface area contributed by atoms with Crippen LogP contribution in [0.15, 0.2) is 36.8 Å². The Balaban J connectivity index is 2.36. The number of nitrogens with two attached hydrogens (primary N) is 1. The number of nitrogens with zero attached hydrogens (tertiary/aromatic N) is 2. The highest BCUT2D eigenvalue weighted by Crippen LogP contribution is 2.20. The maximum atomic E-state index is 5.83. The van der Waals surface area contributed by atoms with Gasteiger partial charge in [-0.05, 0) is 17.7 Å². The third-order valence-electron chi connectivity index (χ3n) is 2.22. The van der Waals surface area contributed by atoms with E-state index in [9.17, 15) is 0 Å². The van der Waals surface area contributed by atoms with Crippen LogP contribution in [0.25, 0.3) is 11.3 Å². The molecule has 3 nitrogen and oxygen atoms in total. The smallest absolute Gasteiger partial charge is 0.0951 e. The number of hydrogen-bond acceptors (Lipinski definition) is 2. The fourth-order valence-electron chi connectivity index (χ4n) is 1.50. The van der Waals surface area contributed by atoms with Crippen molar-refractivity contribution in [2.24, 2.45) is 5.73 Å². The number of benzene rings is 1. The Morgan fingerprint density at radius 1 is 1.27 bits per heavy atom. The van der Waals surface area contributed by atoms with Crippen molar-refractivity contribution in [3.63, 3.8) is 0 Å². The molecule has 2 N–H and O–H groups in total. The van der Waals surface area contributed by atoms with E-state index in [0.29, 0.717) is 6.54 Å². The molecule has 1 heterocycles. The summed E-state index contributed by atoms with van der Waals surface area (Å²) in [6.45, 7) is 1.38. The summed E-state index contributed by atoms with van der Waals surface area (Å²) in [5, 5.41) is 0.739. The van der Waals surface area contributed by atoms with E-state index < -0.39 is 0 Å². The SMILES string of the molecule is NCCn1cncc1-c1ccc(Cl)cc1. The van der Waals surface area contributed by atoms with Gasteiger partial charge in [0.25, 0.3) is 0 Å². The van der Waals surface area contributed by atoms with Gasteiger partial charge in [-0.2, -0.15) is 0 Å². The summed E-state index contributed by atoms with van der Waals surface area (Å²) in [6, 6.07) is 7.70. The predicted octanol–water partition coefficient (Wildman–Crippen LogP) is 2.16. The Bertz CT molecular complexity index is 433. The Hall–Kier alpha value is -1.32. The second-order valence-electron chi connectivity index (χ2n) is 3.27. The van der Waals surface area contributed by atoms with E-state index in [4.69, 9.17) is 17.3 Å². The molecule has 78 valence electrons. The van der Waals surface area contributed by atoms with Crippen LogP contribution in [0, 0.1) is 0 Å². The molecule has 4 heteroatoms. The topological polar surface area (TPSA) is 43.8 Å². The lowest BCUT2D eigenvalue weighted by Crippen LogP contribution is -2.09. The highest BCUT2D eigenvalue weighted by atomic mass is 35.5. The molecule has 1 aromatic carbocycles. The van der Waals surface area contributed by atoms with Gasteiger partial charge >= 0.3 is 0 Å². The van der Waals surface area contributed by atoms with Crippen molar-refractivity contribution in [1.82, 2.24) is 9.55 Å². The molecule has 0 saturated heterocycles. The summed E-state index contributed by atoms with van der Waals surface area (Å²) in [4.78, 5) is 4.11. The molecular formula is C11H12ClN3. The molecule has 0 fully saturated rings. The largest absolute Gasteiger partial charge is 0.329 e. The highest BCUT2D eigenvalue weighted by molar-refractivity contribution is 6.30. The molecule has 0 spiro atoms. The van der Waals surface area contributed by atoms with Crippen molar-refractivity contribution in [3.8, 4) is 11.3 Å². The number of halogens is 1. The Labute approximate surface area is 93.5 Å². The van der Waals surface area contributed by atoms with Crippen LogP contribution in [0.3, 0.4) is 0 Å². The van der Waals surface area contributed by atoms with Crippen molar-refractivity contribution < 1.29 is 0 Å². The van der Waals surface area contributed by atoms with Gasteiger partial charge in [-0.15, -0.1) is 0 Å². The van der Waals surface area contributed by atoms with Crippen LogP contribution in [-0.4, -0.2) is 16.1 Å². The van der Waals surface area contributed by atoms with Crippen molar-refractivity contribution in [2.45, 2.75) is 6.54 Å². The molecule has 0 aliphatic carbocycles. The second kappa shape index (κ2) is 4.47. The van der Waals surface area contributed by atoms with Gasteiger partial charge in [0.1, 0.15) is 0 Å². The van der Waals surface area contributed by atoms with Crippen LogP contribution in [0.1, 0.15) is 0 Å². The second-order valence-corrected chi connectivity index (χ2v) is 3.70. The quantitative estimate of drug-likeness (QED) is 0.863. The molecule has 0 aliphatic rings. The number of rotatable bonds is 3. The molecule has 0 radical (unpaired) electrons. The lowest BCUT2D eigenvalue weighted by molar-refractivity contribution is 0.714. The van der Waals surface area contributed by atoms with E-state index in [0.717, 1.165) is 22.8 Å². The summed E-state index contributed by atoms with van der Waals surface area (Å²) in [7, 11) is 0. The van der Waals surface area contributed by atoms with Crippen molar-refractivity contribution in [2.75, 3.05) is 6.54 Å². The minimum absolute atomic E-state index is 0.608. The van der Waals surface area contributed by atoms with Crippen LogP contribution < -0.4 is 5.73 Å². The zero-order valence-corrected chi connectivity index (χ0v) is 8.98. The molecule has 0 unspecified atom stereocenters. The predicted molar refractivity (Wildman–Crippen MR) is 61.7 cm³/mol. The first-order chi connectivity index (χ1) is 7.31. The maximum Gasteiger partial charge on any atom is 0.0951 e. The lowest BCUT2D eigenvalue weighted by Gasteiger charge is -2.06. The van der Waals surface area contributed by atoms with Crippen LogP contribution in [0.4, 0.5) is 0 Å². The van der Waals surface area contributed by atoms with Gasteiger partial charge in [0.15, 0.2) is 0 Å². The van der Waals surface area contributed by atoms with Gasteiger partial charge in [0.2, 0.25) is 0 Å². The first-order valence-corrected chi connectivity index (χ1v) is 5.15. The minimum atomic E-state index is 0.608. The Morgan fingerprint density at radius 2 is 2.00 bits per heavy atom. The molecule has 0 aliphatic heterocycles. The number of aromatic nitrogens is 2.